The summed E-state index contributed by atoms with van der Waals surface area (Å²) >= 11 is 5.83. The molecule has 0 fully saturated rings. The highest BCUT2D eigenvalue weighted by atomic mass is 35.5. The summed E-state index contributed by atoms with van der Waals surface area (Å²) in [5.41, 5.74) is 1.48. The summed E-state index contributed by atoms with van der Waals surface area (Å²) in [6.45, 7) is 0. The molecule has 0 radical (unpaired) electrons. The van der Waals surface area contributed by atoms with Crippen molar-refractivity contribution in [2.75, 3.05) is 0 Å². The normalized spacial score (nSPS) is 21.4. The van der Waals surface area contributed by atoms with Gasteiger partial charge in [0.2, 0.25) is 11.8 Å². The average molecular weight is 333 g/mol. The van der Waals surface area contributed by atoms with Crippen molar-refractivity contribution in [3.63, 3.8) is 0 Å². The second-order valence-electron chi connectivity index (χ2n) is 5.88. The SMILES string of the molecule is O=[N+]([O-])c1cc(-n2c(O)c3c(c2O)[C@H]2C=C[C@@H]3CC2)ccc1Cl. The molecule has 3 aliphatic carbocycles. The van der Waals surface area contributed by atoms with E-state index in [1.54, 1.807) is 0 Å². The lowest BCUT2D eigenvalue weighted by molar-refractivity contribution is -0.384. The highest BCUT2D eigenvalue weighted by Crippen LogP contribution is 2.54. The summed E-state index contributed by atoms with van der Waals surface area (Å²) in [5.74, 6) is 0.0233. The van der Waals surface area contributed by atoms with Crippen LogP contribution in [0.15, 0.2) is 30.4 Å². The Kier molecular flexibility index (Phi) is 2.93. The molecule has 3 aliphatic rings. The third-order valence-electron chi connectivity index (χ3n) is 4.69. The van der Waals surface area contributed by atoms with Crippen LogP contribution in [0.3, 0.4) is 0 Å². The maximum atomic E-state index is 11.1. The summed E-state index contributed by atoms with van der Waals surface area (Å²) < 4.78 is 1.26. The number of benzene rings is 1. The quantitative estimate of drug-likeness (QED) is 0.494. The molecule has 1 aromatic carbocycles. The van der Waals surface area contributed by atoms with Gasteiger partial charge in [0.1, 0.15) is 5.02 Å². The van der Waals surface area contributed by atoms with E-state index in [-0.39, 0.29) is 34.3 Å². The minimum absolute atomic E-state index is 0.0105. The van der Waals surface area contributed by atoms with E-state index in [2.05, 4.69) is 0 Å². The zero-order valence-electron chi connectivity index (χ0n) is 11.9. The van der Waals surface area contributed by atoms with Crippen LogP contribution in [0.2, 0.25) is 5.02 Å². The van der Waals surface area contributed by atoms with Crippen LogP contribution in [0.25, 0.3) is 5.69 Å². The van der Waals surface area contributed by atoms with E-state index in [0.717, 1.165) is 24.0 Å². The molecule has 1 heterocycles. The van der Waals surface area contributed by atoms with Gasteiger partial charge in [-0.1, -0.05) is 23.8 Å². The second kappa shape index (κ2) is 4.76. The number of rotatable bonds is 2. The molecule has 2 N–H and O–H groups in total. The molecule has 0 saturated carbocycles. The summed E-state index contributed by atoms with van der Waals surface area (Å²) in [7, 11) is 0. The van der Waals surface area contributed by atoms with Crippen LogP contribution in [0.4, 0.5) is 5.69 Å². The van der Waals surface area contributed by atoms with E-state index in [0.29, 0.717) is 5.69 Å². The molecule has 23 heavy (non-hydrogen) atoms. The number of aromatic hydroxyl groups is 2. The smallest absolute Gasteiger partial charge is 0.289 e. The first kappa shape index (κ1) is 14.1. The minimum Gasteiger partial charge on any atom is -0.494 e. The van der Waals surface area contributed by atoms with Crippen molar-refractivity contribution < 1.29 is 15.1 Å². The van der Waals surface area contributed by atoms with Crippen LogP contribution >= 0.6 is 11.6 Å². The van der Waals surface area contributed by atoms with Gasteiger partial charge in [-0.25, -0.2) is 0 Å². The molecule has 2 bridgehead atoms. The summed E-state index contributed by atoms with van der Waals surface area (Å²) in [6, 6.07) is 4.18. The van der Waals surface area contributed by atoms with Crippen LogP contribution < -0.4 is 0 Å². The zero-order valence-corrected chi connectivity index (χ0v) is 12.7. The Hall–Kier alpha value is -2.47. The van der Waals surface area contributed by atoms with Gasteiger partial charge >= 0.3 is 0 Å². The van der Waals surface area contributed by atoms with Gasteiger partial charge in [0, 0.05) is 29.0 Å². The Bertz CT molecular complexity index is 834. The van der Waals surface area contributed by atoms with Crippen molar-refractivity contribution in [1.29, 1.82) is 0 Å². The second-order valence-corrected chi connectivity index (χ2v) is 6.29. The molecule has 6 nitrogen and oxygen atoms in total. The van der Waals surface area contributed by atoms with Crippen LogP contribution in [0.5, 0.6) is 11.8 Å². The Balaban J connectivity index is 1.94. The van der Waals surface area contributed by atoms with E-state index in [9.17, 15) is 20.3 Å². The highest BCUT2D eigenvalue weighted by Gasteiger charge is 2.38. The van der Waals surface area contributed by atoms with Crippen molar-refractivity contribution in [2.45, 2.75) is 24.7 Å². The van der Waals surface area contributed by atoms with Crippen LogP contribution in [0, 0.1) is 10.1 Å². The molecule has 7 heteroatoms. The molecule has 0 saturated heterocycles. The van der Waals surface area contributed by atoms with Crippen LogP contribution in [-0.2, 0) is 0 Å². The molecule has 2 atom stereocenters. The van der Waals surface area contributed by atoms with Crippen molar-refractivity contribution >= 4 is 17.3 Å². The number of nitrogens with zero attached hydrogens (tertiary/aromatic N) is 2. The fourth-order valence-corrected chi connectivity index (χ4v) is 3.83. The summed E-state index contributed by atoms with van der Waals surface area (Å²) in [5, 5.41) is 32.3. The fourth-order valence-electron chi connectivity index (χ4n) is 3.64. The van der Waals surface area contributed by atoms with Crippen molar-refractivity contribution in [3.05, 3.63) is 56.6 Å². The van der Waals surface area contributed by atoms with E-state index < -0.39 is 4.92 Å². The minimum atomic E-state index is -0.589. The molecule has 2 aromatic rings. The van der Waals surface area contributed by atoms with E-state index in [1.807, 2.05) is 12.2 Å². The van der Waals surface area contributed by atoms with Crippen molar-refractivity contribution in [2.24, 2.45) is 0 Å². The standard InChI is InChI=1S/C16H13ClN2O4/c17-11-6-5-10(7-12(11)19(22)23)18-15(20)13-8-1-2-9(4-3-8)14(13)16(18)21/h1-2,5-9,20-21H,3-4H2/t8-,9+. The van der Waals surface area contributed by atoms with Gasteiger partial charge in [0.25, 0.3) is 5.69 Å². The lowest BCUT2D eigenvalue weighted by Gasteiger charge is -2.30. The molecule has 5 rings (SSSR count). The topological polar surface area (TPSA) is 88.5 Å². The predicted octanol–water partition coefficient (Wildman–Crippen LogP) is 3.98. The number of hydrogen-bond acceptors (Lipinski definition) is 4. The van der Waals surface area contributed by atoms with Crippen molar-refractivity contribution in [3.8, 4) is 17.4 Å². The molecule has 0 amide bonds. The van der Waals surface area contributed by atoms with Crippen LogP contribution in [0.1, 0.15) is 35.8 Å². The number of aromatic nitrogens is 1. The Morgan fingerprint density at radius 3 is 2.17 bits per heavy atom. The largest absolute Gasteiger partial charge is 0.494 e. The maximum Gasteiger partial charge on any atom is 0.289 e. The molecule has 0 aliphatic heterocycles. The number of nitro benzene ring substituents is 1. The van der Waals surface area contributed by atoms with E-state index >= 15 is 0 Å². The van der Waals surface area contributed by atoms with E-state index in [4.69, 9.17) is 11.6 Å². The molecular weight excluding hydrogens is 320 g/mol. The lowest BCUT2D eigenvalue weighted by atomic mass is 9.73. The Morgan fingerprint density at radius 1 is 1.13 bits per heavy atom. The van der Waals surface area contributed by atoms with Gasteiger partial charge in [-0.05, 0) is 25.0 Å². The third-order valence-corrected chi connectivity index (χ3v) is 5.01. The summed E-state index contributed by atoms with van der Waals surface area (Å²) in [6.07, 6.45) is 5.94. The molecule has 0 unspecified atom stereocenters. The van der Waals surface area contributed by atoms with Crippen LogP contribution in [-0.4, -0.2) is 19.7 Å². The first-order valence-electron chi connectivity index (χ1n) is 7.28. The van der Waals surface area contributed by atoms with Gasteiger partial charge < -0.3 is 10.2 Å². The number of fused-ring (bicyclic) bond motifs is 1. The lowest BCUT2D eigenvalue weighted by Crippen LogP contribution is -2.15. The molecule has 0 spiro atoms. The molecule has 118 valence electrons. The van der Waals surface area contributed by atoms with Gasteiger partial charge in [-0.2, -0.15) is 0 Å². The van der Waals surface area contributed by atoms with E-state index in [1.165, 1.54) is 22.8 Å². The van der Waals surface area contributed by atoms with Crippen molar-refractivity contribution in [1.82, 2.24) is 4.57 Å². The Labute approximate surface area is 136 Å². The van der Waals surface area contributed by atoms with Gasteiger partial charge in [0.15, 0.2) is 0 Å². The average Bonchev–Trinajstić information content (AvgIpc) is 2.83. The van der Waals surface area contributed by atoms with Gasteiger partial charge in [0.05, 0.1) is 10.6 Å². The highest BCUT2D eigenvalue weighted by molar-refractivity contribution is 6.32. The first-order chi connectivity index (χ1) is 11.0. The van der Waals surface area contributed by atoms with Gasteiger partial charge in [-0.3, -0.25) is 14.7 Å². The number of hydrogen-bond donors (Lipinski definition) is 2. The predicted molar refractivity (Wildman–Crippen MR) is 84.6 cm³/mol. The molecular formula is C16H13ClN2O4. The Morgan fingerprint density at radius 2 is 1.70 bits per heavy atom. The summed E-state index contributed by atoms with van der Waals surface area (Å²) in [4.78, 5) is 10.5. The van der Waals surface area contributed by atoms with Gasteiger partial charge in [-0.15, -0.1) is 0 Å². The maximum absolute atomic E-state index is 11.1. The first-order valence-corrected chi connectivity index (χ1v) is 7.66. The molecule has 1 aromatic heterocycles. The number of nitro groups is 1. The third kappa shape index (κ3) is 1.88. The number of halogens is 1. The number of allylic oxidation sites excluding steroid dienone is 2. The zero-order chi connectivity index (χ0) is 16.3. The fraction of sp³-hybridized carbons (Fsp3) is 0.250. The monoisotopic (exact) mass is 332 g/mol.